The smallest absolute Gasteiger partial charge is 0.379 e. The van der Waals surface area contributed by atoms with Crippen LogP contribution in [0.25, 0.3) is 21.9 Å². The molecule has 1 aliphatic heterocycles. The summed E-state index contributed by atoms with van der Waals surface area (Å²) in [6.07, 6.45) is -9.83. The summed E-state index contributed by atoms with van der Waals surface area (Å²) in [5, 5.41) is 51.3. The summed E-state index contributed by atoms with van der Waals surface area (Å²) in [5.74, 6) is -2.37. The molecule has 0 bridgehead atoms. The number of carboxylic acids is 1. The zero-order valence-corrected chi connectivity index (χ0v) is 24.9. The molecule has 5 N–H and O–H groups in total. The summed E-state index contributed by atoms with van der Waals surface area (Å²) in [4.78, 5) is 47.5. The molecule has 2 aromatic carbocycles. The van der Waals surface area contributed by atoms with Crippen LogP contribution in [0.15, 0.2) is 67.0 Å². The van der Waals surface area contributed by atoms with Gasteiger partial charge in [0.15, 0.2) is 11.5 Å². The first-order valence-electron chi connectivity index (χ1n) is 14.1. The lowest BCUT2D eigenvalue weighted by atomic mass is 9.98. The lowest BCUT2D eigenvalue weighted by molar-refractivity contribution is -0.278. The number of esters is 1. The van der Waals surface area contributed by atoms with Crippen molar-refractivity contribution in [2.75, 3.05) is 13.7 Å². The molecule has 0 saturated carbocycles. The number of fused-ring (bicyclic) bond motifs is 2. The van der Waals surface area contributed by atoms with Gasteiger partial charge in [-0.15, -0.1) is 0 Å². The zero-order chi connectivity index (χ0) is 34.0. The lowest BCUT2D eigenvalue weighted by Crippen LogP contribution is -2.60. The van der Waals surface area contributed by atoms with Crippen molar-refractivity contribution in [2.45, 2.75) is 56.1 Å². The van der Waals surface area contributed by atoms with Gasteiger partial charge in [-0.05, 0) is 37.3 Å². The average Bonchev–Trinajstić information content (AvgIpc) is 2.99. The Bertz CT molecular complexity index is 1910. The standard InChI is InChI=1S/C31H30O16/c1-31(40,11-23(32)33)12-25(35)42-13-22-26(36)27(37)28(38)30(47-22)46-20-10-18-15(7-19(20)41-2)8-21(29(39)45-18)43-16-5-3-14-4-6-24(34)44-17(14)9-16/h3-10,22,26-28,30,36-38,40H,11-13H2,1-2H3,(H,32,33)/t22-,26-,27+,28-,30+,31-/m0/s1. The quantitative estimate of drug-likeness (QED) is 0.112. The number of hydrogen-bond donors (Lipinski definition) is 5. The van der Waals surface area contributed by atoms with E-state index >= 15 is 0 Å². The number of aliphatic carboxylic acids is 1. The van der Waals surface area contributed by atoms with Gasteiger partial charge in [0, 0.05) is 29.0 Å². The molecule has 1 fully saturated rings. The van der Waals surface area contributed by atoms with Gasteiger partial charge in [0.1, 0.15) is 47.9 Å². The maximum Gasteiger partial charge on any atom is 0.379 e. The number of carboxylic acid groups (broad SMARTS) is 1. The molecule has 6 atom stereocenters. The molecule has 1 aliphatic rings. The summed E-state index contributed by atoms with van der Waals surface area (Å²) in [5.41, 5.74) is -3.08. The molecular weight excluding hydrogens is 628 g/mol. The minimum atomic E-state index is -1.90. The Kier molecular flexibility index (Phi) is 9.50. The molecule has 5 rings (SSSR count). The molecule has 47 heavy (non-hydrogen) atoms. The van der Waals surface area contributed by atoms with Crippen LogP contribution in [-0.4, -0.2) is 87.5 Å². The van der Waals surface area contributed by atoms with Gasteiger partial charge in [0.2, 0.25) is 12.0 Å². The number of aliphatic hydroxyl groups excluding tert-OH is 3. The number of ether oxygens (including phenoxy) is 5. The summed E-state index contributed by atoms with van der Waals surface area (Å²) in [7, 11) is 1.31. The van der Waals surface area contributed by atoms with Crippen LogP contribution in [0.3, 0.4) is 0 Å². The number of benzene rings is 2. The number of hydrogen-bond acceptors (Lipinski definition) is 15. The topological polar surface area (TPSA) is 242 Å². The van der Waals surface area contributed by atoms with E-state index < -0.39 is 78.9 Å². The highest BCUT2D eigenvalue weighted by Crippen LogP contribution is 2.36. The first-order chi connectivity index (χ1) is 22.2. The van der Waals surface area contributed by atoms with Crippen molar-refractivity contribution in [2.24, 2.45) is 0 Å². The summed E-state index contributed by atoms with van der Waals surface area (Å²) >= 11 is 0. The second kappa shape index (κ2) is 13.4. The highest BCUT2D eigenvalue weighted by atomic mass is 16.7. The molecule has 3 heterocycles. The molecule has 16 nitrogen and oxygen atoms in total. The van der Waals surface area contributed by atoms with Crippen molar-refractivity contribution in [3.8, 4) is 23.0 Å². The summed E-state index contributed by atoms with van der Waals surface area (Å²) in [6.45, 7) is 0.487. The van der Waals surface area contributed by atoms with Crippen LogP contribution in [0.1, 0.15) is 19.8 Å². The van der Waals surface area contributed by atoms with Gasteiger partial charge in [-0.25, -0.2) is 9.59 Å². The van der Waals surface area contributed by atoms with Crippen molar-refractivity contribution in [1.29, 1.82) is 0 Å². The SMILES string of the molecule is COc1cc2cc(Oc3ccc4ccc(=O)oc4c3)c(=O)oc2cc1O[C@@H]1O[C@@H](COC(=O)C[C@@](C)(O)CC(=O)O)[C@H](O)[C@@H](O)[C@@H]1O. The summed E-state index contributed by atoms with van der Waals surface area (Å²) in [6, 6.07) is 11.6. The van der Waals surface area contributed by atoms with Gasteiger partial charge in [-0.1, -0.05) is 0 Å². The summed E-state index contributed by atoms with van der Waals surface area (Å²) < 4.78 is 38.0. The normalized spacial score (nSPS) is 22.4. The average molecular weight is 659 g/mol. The van der Waals surface area contributed by atoms with E-state index in [9.17, 15) is 39.6 Å². The number of rotatable bonds is 11. The molecule has 2 aromatic heterocycles. The molecular formula is C31H30O16. The molecule has 4 aromatic rings. The van der Waals surface area contributed by atoms with Crippen molar-refractivity contribution >= 4 is 33.9 Å². The third-order valence-electron chi connectivity index (χ3n) is 7.19. The van der Waals surface area contributed by atoms with Crippen molar-refractivity contribution in [1.82, 2.24) is 0 Å². The molecule has 0 unspecified atom stereocenters. The van der Waals surface area contributed by atoms with Gasteiger partial charge in [0.05, 0.1) is 25.6 Å². The van der Waals surface area contributed by atoms with Gasteiger partial charge in [-0.2, -0.15) is 0 Å². The fourth-order valence-corrected chi connectivity index (χ4v) is 4.86. The van der Waals surface area contributed by atoms with Crippen LogP contribution in [0.2, 0.25) is 0 Å². The van der Waals surface area contributed by atoms with E-state index in [0.717, 1.165) is 6.92 Å². The van der Waals surface area contributed by atoms with E-state index in [-0.39, 0.29) is 34.2 Å². The zero-order valence-electron chi connectivity index (χ0n) is 24.9. The van der Waals surface area contributed by atoms with Gasteiger partial charge in [0.25, 0.3) is 0 Å². The minimum Gasteiger partial charge on any atom is -0.493 e. The fraction of sp³-hybridized carbons (Fsp3) is 0.355. The molecule has 16 heteroatoms. The molecule has 0 amide bonds. The van der Waals surface area contributed by atoms with Crippen molar-refractivity contribution < 1.29 is 67.6 Å². The predicted octanol–water partition coefficient (Wildman–Crippen LogP) is 1.05. The van der Waals surface area contributed by atoms with Crippen LogP contribution >= 0.6 is 0 Å². The second-order valence-corrected chi connectivity index (χ2v) is 11.1. The van der Waals surface area contributed by atoms with Crippen LogP contribution in [0.4, 0.5) is 0 Å². The molecule has 250 valence electrons. The Hall–Kier alpha value is -5.00. The van der Waals surface area contributed by atoms with E-state index in [4.69, 9.17) is 37.6 Å². The Balaban J connectivity index is 1.33. The van der Waals surface area contributed by atoms with Gasteiger partial charge >= 0.3 is 23.2 Å². The first kappa shape index (κ1) is 33.4. The van der Waals surface area contributed by atoms with Crippen LogP contribution in [0, 0.1) is 0 Å². The maximum atomic E-state index is 12.8. The third kappa shape index (κ3) is 7.70. The van der Waals surface area contributed by atoms with Crippen molar-refractivity contribution in [3.05, 3.63) is 69.4 Å². The third-order valence-corrected chi connectivity index (χ3v) is 7.19. The van der Waals surface area contributed by atoms with E-state index in [1.54, 1.807) is 18.2 Å². The monoisotopic (exact) mass is 658 g/mol. The molecule has 0 aliphatic carbocycles. The minimum absolute atomic E-state index is 0.00688. The van der Waals surface area contributed by atoms with E-state index in [2.05, 4.69) is 0 Å². The number of carbonyl (C=O) groups is 2. The highest BCUT2D eigenvalue weighted by Gasteiger charge is 2.46. The Morgan fingerprint density at radius 3 is 2.28 bits per heavy atom. The van der Waals surface area contributed by atoms with Crippen LogP contribution < -0.4 is 25.5 Å². The predicted molar refractivity (Wildman–Crippen MR) is 157 cm³/mol. The maximum absolute atomic E-state index is 12.8. The number of carbonyl (C=O) groups excluding carboxylic acids is 1. The molecule has 0 spiro atoms. The van der Waals surface area contributed by atoms with E-state index in [0.29, 0.717) is 10.8 Å². The van der Waals surface area contributed by atoms with Crippen LogP contribution in [0.5, 0.6) is 23.0 Å². The lowest BCUT2D eigenvalue weighted by Gasteiger charge is -2.40. The van der Waals surface area contributed by atoms with E-state index in [1.165, 1.54) is 37.4 Å². The Labute approximate surface area is 263 Å². The second-order valence-electron chi connectivity index (χ2n) is 11.1. The number of methoxy groups -OCH3 is 1. The van der Waals surface area contributed by atoms with Gasteiger partial charge < -0.3 is 58.1 Å². The molecule has 0 radical (unpaired) electrons. The Morgan fingerprint density at radius 1 is 0.851 bits per heavy atom. The van der Waals surface area contributed by atoms with Gasteiger partial charge in [-0.3, -0.25) is 9.59 Å². The van der Waals surface area contributed by atoms with E-state index in [1.807, 2.05) is 0 Å². The van der Waals surface area contributed by atoms with Crippen molar-refractivity contribution in [3.63, 3.8) is 0 Å². The largest absolute Gasteiger partial charge is 0.493 e. The fourth-order valence-electron chi connectivity index (χ4n) is 4.86. The molecule has 1 saturated heterocycles. The first-order valence-corrected chi connectivity index (χ1v) is 14.1. The Morgan fingerprint density at radius 2 is 1.55 bits per heavy atom. The highest BCUT2D eigenvalue weighted by molar-refractivity contribution is 5.82. The number of aliphatic hydroxyl groups is 4. The van der Waals surface area contributed by atoms with Crippen LogP contribution in [-0.2, 0) is 19.1 Å².